The van der Waals surface area contributed by atoms with Gasteiger partial charge >= 0.3 is 0 Å². The van der Waals surface area contributed by atoms with E-state index in [4.69, 9.17) is 0 Å². The Morgan fingerprint density at radius 1 is 1.11 bits per heavy atom. The molecule has 2 N–H and O–H groups in total. The standard InChI is InChI=1S/C19H19FN4OS2/c1-11-7-6-10-15(12(11)2)22-18-23-24-19(27-18)26-13(3)17(25)21-16-9-5-4-8-14(16)20/h4-10,13H,1-3H3,(H,21,25)(H,22,23)/t13-/m0/s1. The molecule has 2 aromatic carbocycles. The Morgan fingerprint density at radius 3 is 2.63 bits per heavy atom. The number of carbonyl (C=O) groups excluding carboxylic acids is 1. The first kappa shape index (κ1) is 19.3. The topological polar surface area (TPSA) is 66.9 Å². The maximum absolute atomic E-state index is 13.7. The minimum Gasteiger partial charge on any atom is -0.330 e. The molecule has 8 heteroatoms. The van der Waals surface area contributed by atoms with Crippen LogP contribution in [0.4, 0.5) is 20.9 Å². The minimum absolute atomic E-state index is 0.171. The van der Waals surface area contributed by atoms with Crippen LogP contribution in [0.15, 0.2) is 46.8 Å². The molecule has 0 fully saturated rings. The molecule has 0 aliphatic rings. The second-order valence-corrected chi connectivity index (χ2v) is 8.54. The maximum atomic E-state index is 13.7. The number of rotatable bonds is 6. The third-order valence-electron chi connectivity index (χ3n) is 4.03. The Balaban J connectivity index is 1.62. The lowest BCUT2D eigenvalue weighted by molar-refractivity contribution is -0.115. The van der Waals surface area contributed by atoms with Gasteiger partial charge in [-0.25, -0.2) is 4.39 Å². The molecule has 0 unspecified atom stereocenters. The van der Waals surface area contributed by atoms with Crippen molar-refractivity contribution in [2.45, 2.75) is 30.4 Å². The van der Waals surface area contributed by atoms with Gasteiger partial charge < -0.3 is 10.6 Å². The lowest BCUT2D eigenvalue weighted by Crippen LogP contribution is -2.22. The van der Waals surface area contributed by atoms with Crippen LogP contribution in [0.2, 0.25) is 0 Å². The van der Waals surface area contributed by atoms with Crippen molar-refractivity contribution >= 4 is 45.5 Å². The number of thioether (sulfide) groups is 1. The van der Waals surface area contributed by atoms with Crippen molar-refractivity contribution in [3.63, 3.8) is 0 Å². The van der Waals surface area contributed by atoms with E-state index in [0.29, 0.717) is 9.47 Å². The number of amides is 1. The molecule has 0 aliphatic heterocycles. The van der Waals surface area contributed by atoms with Gasteiger partial charge in [0.05, 0.1) is 10.9 Å². The highest BCUT2D eigenvalue weighted by molar-refractivity contribution is 8.02. The number of para-hydroxylation sites is 1. The summed E-state index contributed by atoms with van der Waals surface area (Å²) < 4.78 is 14.3. The van der Waals surface area contributed by atoms with Gasteiger partial charge in [-0.3, -0.25) is 4.79 Å². The molecule has 0 saturated carbocycles. The number of halogens is 1. The smallest absolute Gasteiger partial charge is 0.237 e. The highest BCUT2D eigenvalue weighted by atomic mass is 32.2. The van der Waals surface area contributed by atoms with Gasteiger partial charge in [0, 0.05) is 5.69 Å². The number of nitrogens with one attached hydrogen (secondary N) is 2. The predicted octanol–water partition coefficient (Wildman–Crippen LogP) is 5.16. The highest BCUT2D eigenvalue weighted by Gasteiger charge is 2.18. The van der Waals surface area contributed by atoms with Crippen molar-refractivity contribution in [1.82, 2.24) is 10.2 Å². The SMILES string of the molecule is Cc1cccc(Nc2nnc(S[C@@H](C)C(=O)Nc3ccccc3F)s2)c1C. The average molecular weight is 403 g/mol. The number of anilines is 3. The lowest BCUT2D eigenvalue weighted by Gasteiger charge is -2.10. The molecule has 0 spiro atoms. The summed E-state index contributed by atoms with van der Waals surface area (Å²) in [5.41, 5.74) is 3.50. The monoisotopic (exact) mass is 402 g/mol. The second kappa shape index (κ2) is 8.49. The largest absolute Gasteiger partial charge is 0.330 e. The van der Waals surface area contributed by atoms with E-state index in [0.717, 1.165) is 11.3 Å². The molecular weight excluding hydrogens is 383 g/mol. The van der Waals surface area contributed by atoms with Gasteiger partial charge in [-0.05, 0) is 50.1 Å². The average Bonchev–Trinajstić information content (AvgIpc) is 3.08. The molecule has 0 bridgehead atoms. The first-order valence-electron chi connectivity index (χ1n) is 8.33. The van der Waals surface area contributed by atoms with Crippen LogP contribution >= 0.6 is 23.1 Å². The van der Waals surface area contributed by atoms with Crippen LogP contribution < -0.4 is 10.6 Å². The molecule has 3 rings (SSSR count). The fourth-order valence-electron chi connectivity index (χ4n) is 2.31. The predicted molar refractivity (Wildman–Crippen MR) is 109 cm³/mol. The van der Waals surface area contributed by atoms with Gasteiger partial charge in [-0.2, -0.15) is 0 Å². The number of carbonyl (C=O) groups is 1. The van der Waals surface area contributed by atoms with E-state index in [-0.39, 0.29) is 11.6 Å². The van der Waals surface area contributed by atoms with Gasteiger partial charge in [-0.15, -0.1) is 10.2 Å². The van der Waals surface area contributed by atoms with Crippen LogP contribution in [0.1, 0.15) is 18.1 Å². The van der Waals surface area contributed by atoms with Crippen LogP contribution in [-0.2, 0) is 4.79 Å². The van der Waals surface area contributed by atoms with Crippen molar-refractivity contribution in [3.05, 3.63) is 59.4 Å². The van der Waals surface area contributed by atoms with Gasteiger partial charge in [0.1, 0.15) is 5.82 Å². The third-order valence-corrected chi connectivity index (χ3v) is 6.05. The van der Waals surface area contributed by atoms with E-state index < -0.39 is 11.1 Å². The molecule has 0 aliphatic carbocycles. The molecule has 5 nitrogen and oxygen atoms in total. The van der Waals surface area contributed by atoms with E-state index in [1.807, 2.05) is 19.1 Å². The zero-order chi connectivity index (χ0) is 19.4. The van der Waals surface area contributed by atoms with Crippen molar-refractivity contribution < 1.29 is 9.18 Å². The van der Waals surface area contributed by atoms with Crippen LogP contribution in [-0.4, -0.2) is 21.4 Å². The van der Waals surface area contributed by atoms with E-state index in [1.165, 1.54) is 40.8 Å². The first-order chi connectivity index (χ1) is 12.9. The molecule has 0 saturated heterocycles. The number of hydrogen-bond acceptors (Lipinski definition) is 6. The number of nitrogens with zero attached hydrogens (tertiary/aromatic N) is 2. The molecule has 27 heavy (non-hydrogen) atoms. The minimum atomic E-state index is -0.459. The zero-order valence-corrected chi connectivity index (χ0v) is 16.7. The molecule has 1 atom stereocenters. The Hall–Kier alpha value is -2.45. The number of aromatic nitrogens is 2. The van der Waals surface area contributed by atoms with E-state index in [1.54, 1.807) is 19.1 Å². The van der Waals surface area contributed by atoms with E-state index in [9.17, 15) is 9.18 Å². The van der Waals surface area contributed by atoms with Gasteiger partial charge in [0.25, 0.3) is 0 Å². The van der Waals surface area contributed by atoms with Crippen molar-refractivity contribution in [1.29, 1.82) is 0 Å². The third kappa shape index (κ3) is 4.84. The zero-order valence-electron chi connectivity index (χ0n) is 15.1. The highest BCUT2D eigenvalue weighted by Crippen LogP contribution is 2.32. The van der Waals surface area contributed by atoms with Crippen molar-refractivity contribution in [2.24, 2.45) is 0 Å². The number of hydrogen-bond donors (Lipinski definition) is 2. The fourth-order valence-corrected chi connectivity index (χ4v) is 4.22. The quantitative estimate of drug-likeness (QED) is 0.558. The lowest BCUT2D eigenvalue weighted by atomic mass is 10.1. The molecule has 1 aromatic heterocycles. The van der Waals surface area contributed by atoms with Crippen LogP contribution in [0.25, 0.3) is 0 Å². The molecule has 1 amide bonds. The van der Waals surface area contributed by atoms with Gasteiger partial charge in [0.2, 0.25) is 11.0 Å². The Kier molecular flexibility index (Phi) is 6.08. The number of benzene rings is 2. The van der Waals surface area contributed by atoms with Gasteiger partial charge in [0.15, 0.2) is 4.34 Å². The van der Waals surface area contributed by atoms with E-state index in [2.05, 4.69) is 33.8 Å². The summed E-state index contributed by atoms with van der Waals surface area (Å²) in [5.74, 6) is -0.747. The van der Waals surface area contributed by atoms with Crippen LogP contribution in [0.5, 0.6) is 0 Å². The van der Waals surface area contributed by atoms with E-state index >= 15 is 0 Å². The summed E-state index contributed by atoms with van der Waals surface area (Å²) in [4.78, 5) is 12.3. The normalized spacial score (nSPS) is 11.9. The summed E-state index contributed by atoms with van der Waals surface area (Å²) >= 11 is 2.66. The van der Waals surface area contributed by atoms with Crippen molar-refractivity contribution in [3.8, 4) is 0 Å². The van der Waals surface area contributed by atoms with Crippen molar-refractivity contribution in [2.75, 3.05) is 10.6 Å². The summed E-state index contributed by atoms with van der Waals surface area (Å²) in [6.07, 6.45) is 0. The first-order valence-corrected chi connectivity index (χ1v) is 10.0. The molecule has 1 heterocycles. The van der Waals surface area contributed by atoms with Crippen LogP contribution in [0, 0.1) is 19.7 Å². The summed E-state index contributed by atoms with van der Waals surface area (Å²) in [6, 6.07) is 12.1. The summed E-state index contributed by atoms with van der Waals surface area (Å²) in [6.45, 7) is 5.85. The molecular formula is C19H19FN4OS2. The maximum Gasteiger partial charge on any atom is 0.237 e. The molecule has 140 valence electrons. The molecule has 3 aromatic rings. The Morgan fingerprint density at radius 2 is 1.85 bits per heavy atom. The fraction of sp³-hybridized carbons (Fsp3) is 0.211. The summed E-state index contributed by atoms with van der Waals surface area (Å²) in [5, 5.41) is 14.3. The Labute approximate surface area is 165 Å². The Bertz CT molecular complexity index is 960. The second-order valence-electron chi connectivity index (χ2n) is 5.97. The summed E-state index contributed by atoms with van der Waals surface area (Å²) in [7, 11) is 0. The molecule has 0 radical (unpaired) electrons. The van der Waals surface area contributed by atoms with Crippen LogP contribution in [0.3, 0.4) is 0 Å². The van der Waals surface area contributed by atoms with Gasteiger partial charge in [-0.1, -0.05) is 47.4 Å². The number of aryl methyl sites for hydroxylation is 1.